The second-order valence-electron chi connectivity index (χ2n) is 7.51. The van der Waals surface area contributed by atoms with Gasteiger partial charge in [0.25, 0.3) is 0 Å². The molecule has 0 spiro atoms. The number of para-hydroxylation sites is 1. The van der Waals surface area contributed by atoms with Crippen LogP contribution < -0.4 is 14.2 Å². The summed E-state index contributed by atoms with van der Waals surface area (Å²) in [6.45, 7) is 2.57. The monoisotopic (exact) mass is 478 g/mol. The standard InChI is InChI=1S/C25H23BrN2O3/c1-3-30-23-9-5-8-20-22-15-21(16-10-12-18(26)13-11-16)27-28(22)25(31-24(20)23)17-6-4-7-19(14-17)29-2/h4-14,22,25H,3,15H2,1-2H3. The van der Waals surface area contributed by atoms with Gasteiger partial charge in [-0.1, -0.05) is 52.3 Å². The minimum atomic E-state index is -0.373. The first-order valence-corrected chi connectivity index (χ1v) is 11.1. The first-order chi connectivity index (χ1) is 15.2. The molecule has 0 amide bonds. The number of benzene rings is 3. The summed E-state index contributed by atoms with van der Waals surface area (Å²) in [6.07, 6.45) is 0.427. The van der Waals surface area contributed by atoms with E-state index in [9.17, 15) is 0 Å². The molecular weight excluding hydrogens is 456 g/mol. The van der Waals surface area contributed by atoms with Crippen LogP contribution in [0.3, 0.4) is 0 Å². The highest BCUT2D eigenvalue weighted by Gasteiger charge is 2.42. The molecule has 2 aliphatic rings. The lowest BCUT2D eigenvalue weighted by Crippen LogP contribution is -2.34. The zero-order valence-electron chi connectivity index (χ0n) is 17.4. The van der Waals surface area contributed by atoms with Crippen LogP contribution in [0.25, 0.3) is 0 Å². The molecule has 3 aromatic rings. The average Bonchev–Trinajstić information content (AvgIpc) is 3.25. The normalized spacial score (nSPS) is 19.2. The Bertz CT molecular complexity index is 1130. The Morgan fingerprint density at radius 2 is 1.90 bits per heavy atom. The highest BCUT2D eigenvalue weighted by Crippen LogP contribution is 2.51. The van der Waals surface area contributed by atoms with E-state index in [1.54, 1.807) is 7.11 Å². The van der Waals surface area contributed by atoms with Gasteiger partial charge in [0, 0.05) is 22.0 Å². The molecule has 0 N–H and O–H groups in total. The van der Waals surface area contributed by atoms with Crippen molar-refractivity contribution in [2.45, 2.75) is 25.6 Å². The SMILES string of the molecule is CCOc1cccc2c1OC(c1cccc(OC)c1)N1N=C(c3ccc(Br)cc3)CC21. The van der Waals surface area contributed by atoms with Gasteiger partial charge in [-0.05, 0) is 42.8 Å². The highest BCUT2D eigenvalue weighted by atomic mass is 79.9. The van der Waals surface area contributed by atoms with E-state index in [-0.39, 0.29) is 12.3 Å². The van der Waals surface area contributed by atoms with E-state index in [2.05, 4.69) is 39.1 Å². The third-order valence-electron chi connectivity index (χ3n) is 5.64. The van der Waals surface area contributed by atoms with Gasteiger partial charge in [0.2, 0.25) is 6.23 Å². The van der Waals surface area contributed by atoms with Crippen molar-refractivity contribution >= 4 is 21.6 Å². The molecule has 5 nitrogen and oxygen atoms in total. The van der Waals surface area contributed by atoms with Crippen molar-refractivity contribution in [2.75, 3.05) is 13.7 Å². The Balaban J connectivity index is 1.61. The molecule has 0 fully saturated rings. The van der Waals surface area contributed by atoms with Crippen LogP contribution in [0.15, 0.2) is 76.3 Å². The van der Waals surface area contributed by atoms with Gasteiger partial charge < -0.3 is 14.2 Å². The molecule has 0 saturated heterocycles. The first kappa shape index (κ1) is 19.9. The zero-order valence-corrected chi connectivity index (χ0v) is 19.0. The third-order valence-corrected chi connectivity index (χ3v) is 6.17. The number of nitrogens with zero attached hydrogens (tertiary/aromatic N) is 2. The van der Waals surface area contributed by atoms with Crippen LogP contribution in [0.4, 0.5) is 0 Å². The Hall–Kier alpha value is -2.99. The third kappa shape index (κ3) is 3.65. The molecule has 0 aromatic heterocycles. The lowest BCUT2D eigenvalue weighted by molar-refractivity contribution is -0.0213. The van der Waals surface area contributed by atoms with Crippen LogP contribution in [-0.4, -0.2) is 24.4 Å². The number of hydrogen-bond donors (Lipinski definition) is 0. The summed E-state index contributed by atoms with van der Waals surface area (Å²) < 4.78 is 18.9. The van der Waals surface area contributed by atoms with Crippen LogP contribution in [0.2, 0.25) is 0 Å². The minimum absolute atomic E-state index is 0.0685. The number of ether oxygens (including phenoxy) is 3. The zero-order chi connectivity index (χ0) is 21.4. The molecule has 6 heteroatoms. The maximum atomic E-state index is 6.55. The molecule has 5 rings (SSSR count). The number of hydrogen-bond acceptors (Lipinski definition) is 5. The van der Waals surface area contributed by atoms with Crippen molar-refractivity contribution < 1.29 is 14.2 Å². The predicted octanol–water partition coefficient (Wildman–Crippen LogP) is 6.10. The molecular formula is C25H23BrN2O3. The summed E-state index contributed by atoms with van der Waals surface area (Å²) in [5.41, 5.74) is 4.25. The number of methoxy groups -OCH3 is 1. The lowest BCUT2D eigenvalue weighted by Gasteiger charge is -2.38. The summed E-state index contributed by atoms with van der Waals surface area (Å²) in [6, 6.07) is 22.4. The number of rotatable bonds is 5. The summed E-state index contributed by atoms with van der Waals surface area (Å²) in [5, 5.41) is 7.10. The van der Waals surface area contributed by atoms with E-state index in [1.165, 1.54) is 0 Å². The lowest BCUT2D eigenvalue weighted by atomic mass is 9.95. The number of halogens is 1. The van der Waals surface area contributed by atoms with Crippen molar-refractivity contribution in [3.05, 3.63) is 87.9 Å². The van der Waals surface area contributed by atoms with Crippen LogP contribution in [0, 0.1) is 0 Å². The Morgan fingerprint density at radius 3 is 2.68 bits per heavy atom. The predicted molar refractivity (Wildman–Crippen MR) is 124 cm³/mol. The summed E-state index contributed by atoms with van der Waals surface area (Å²) >= 11 is 3.52. The van der Waals surface area contributed by atoms with Gasteiger partial charge in [0.15, 0.2) is 11.5 Å². The van der Waals surface area contributed by atoms with E-state index in [4.69, 9.17) is 19.3 Å². The van der Waals surface area contributed by atoms with Crippen molar-refractivity contribution in [3.8, 4) is 17.2 Å². The Kier molecular flexibility index (Phi) is 5.32. The molecule has 31 heavy (non-hydrogen) atoms. The molecule has 2 heterocycles. The van der Waals surface area contributed by atoms with Crippen LogP contribution in [0.5, 0.6) is 17.2 Å². The fraction of sp³-hybridized carbons (Fsp3) is 0.240. The van der Waals surface area contributed by atoms with Crippen LogP contribution >= 0.6 is 15.9 Å². The van der Waals surface area contributed by atoms with Crippen molar-refractivity contribution in [1.82, 2.24) is 5.01 Å². The molecule has 0 aliphatic carbocycles. The summed E-state index contributed by atoms with van der Waals surface area (Å²) in [5.74, 6) is 2.35. The highest BCUT2D eigenvalue weighted by molar-refractivity contribution is 9.10. The fourth-order valence-corrected chi connectivity index (χ4v) is 4.45. The van der Waals surface area contributed by atoms with Crippen molar-refractivity contribution in [2.24, 2.45) is 5.10 Å². The fourth-order valence-electron chi connectivity index (χ4n) is 4.18. The van der Waals surface area contributed by atoms with E-state index in [1.807, 2.05) is 55.5 Å². The van der Waals surface area contributed by atoms with Gasteiger partial charge >= 0.3 is 0 Å². The molecule has 3 aromatic carbocycles. The van der Waals surface area contributed by atoms with Crippen molar-refractivity contribution in [3.63, 3.8) is 0 Å². The molecule has 2 unspecified atom stereocenters. The maximum Gasteiger partial charge on any atom is 0.214 e. The van der Waals surface area contributed by atoms with E-state index < -0.39 is 0 Å². The van der Waals surface area contributed by atoms with Crippen molar-refractivity contribution in [1.29, 1.82) is 0 Å². The molecule has 0 radical (unpaired) electrons. The Labute approximate surface area is 190 Å². The molecule has 0 saturated carbocycles. The van der Waals surface area contributed by atoms with Gasteiger partial charge in [-0.25, -0.2) is 5.01 Å². The maximum absolute atomic E-state index is 6.55. The van der Waals surface area contributed by atoms with Gasteiger partial charge in [-0.15, -0.1) is 0 Å². The molecule has 158 valence electrons. The van der Waals surface area contributed by atoms with Gasteiger partial charge in [-0.2, -0.15) is 5.10 Å². The quantitative estimate of drug-likeness (QED) is 0.444. The molecule has 0 bridgehead atoms. The second-order valence-corrected chi connectivity index (χ2v) is 8.42. The van der Waals surface area contributed by atoms with E-state index >= 15 is 0 Å². The Morgan fingerprint density at radius 1 is 1.10 bits per heavy atom. The summed E-state index contributed by atoms with van der Waals surface area (Å²) in [7, 11) is 1.67. The first-order valence-electron chi connectivity index (χ1n) is 10.4. The minimum Gasteiger partial charge on any atom is -0.497 e. The average molecular weight is 479 g/mol. The molecule has 2 atom stereocenters. The van der Waals surface area contributed by atoms with Crippen LogP contribution in [0.1, 0.15) is 42.3 Å². The largest absolute Gasteiger partial charge is 0.497 e. The number of hydrazone groups is 1. The number of fused-ring (bicyclic) bond motifs is 3. The summed E-state index contributed by atoms with van der Waals surface area (Å²) in [4.78, 5) is 0. The smallest absolute Gasteiger partial charge is 0.214 e. The van der Waals surface area contributed by atoms with E-state index in [0.717, 1.165) is 50.5 Å². The topological polar surface area (TPSA) is 43.3 Å². The van der Waals surface area contributed by atoms with E-state index in [0.29, 0.717) is 6.61 Å². The van der Waals surface area contributed by atoms with Crippen LogP contribution in [-0.2, 0) is 0 Å². The van der Waals surface area contributed by atoms with Gasteiger partial charge in [0.1, 0.15) is 5.75 Å². The second kappa shape index (κ2) is 8.27. The van der Waals surface area contributed by atoms with Gasteiger partial charge in [0.05, 0.1) is 25.5 Å². The van der Waals surface area contributed by atoms with Gasteiger partial charge in [-0.3, -0.25) is 0 Å². The molecule has 2 aliphatic heterocycles.